The van der Waals surface area contributed by atoms with E-state index in [4.69, 9.17) is 21.0 Å². The molecule has 44 heavy (non-hydrogen) atoms. The molecular formula is C32H36ClN7O4. The van der Waals surface area contributed by atoms with Gasteiger partial charge in [-0.05, 0) is 44.2 Å². The predicted octanol–water partition coefficient (Wildman–Crippen LogP) is 3.76. The highest BCUT2D eigenvalue weighted by Crippen LogP contribution is 2.39. The van der Waals surface area contributed by atoms with Gasteiger partial charge in [0, 0.05) is 49.4 Å². The maximum atomic E-state index is 13.3. The second kappa shape index (κ2) is 12.2. The molecule has 2 aliphatic heterocycles. The van der Waals surface area contributed by atoms with E-state index in [1.54, 1.807) is 11.0 Å². The standard InChI is InChI=1S/C32H36ClN7O4/c1-18(17-41)34-13-28(42)40-15-25-27(16-40)44-32(37-25)21-8-5-7-20(19(21)2)22-9-6-10-23(29(22)33)36-31(43)30-35-24-14-38(3)12-11-26(24)39(30)4/h5-10,18,34,41H,11-17H2,1-4H3,(H,36,43)/t18-/m0/s1. The Morgan fingerprint density at radius 1 is 1.05 bits per heavy atom. The van der Waals surface area contributed by atoms with Gasteiger partial charge in [0.2, 0.25) is 11.8 Å². The first-order chi connectivity index (χ1) is 21.1. The molecule has 0 bridgehead atoms. The maximum absolute atomic E-state index is 13.3. The molecule has 0 spiro atoms. The molecule has 0 aliphatic carbocycles. The molecule has 2 aliphatic rings. The summed E-state index contributed by atoms with van der Waals surface area (Å²) in [6.45, 7) is 6.27. The summed E-state index contributed by atoms with van der Waals surface area (Å²) in [4.78, 5) is 39.2. The molecule has 3 N–H and O–H groups in total. The third-order valence-corrected chi connectivity index (χ3v) is 8.84. The van der Waals surface area contributed by atoms with Gasteiger partial charge in [0.05, 0.1) is 42.6 Å². The van der Waals surface area contributed by atoms with Crippen molar-refractivity contribution in [3.8, 4) is 22.6 Å². The van der Waals surface area contributed by atoms with Crippen molar-refractivity contribution in [1.29, 1.82) is 0 Å². The van der Waals surface area contributed by atoms with Gasteiger partial charge in [-0.25, -0.2) is 9.97 Å². The highest BCUT2D eigenvalue weighted by atomic mass is 35.5. The van der Waals surface area contributed by atoms with E-state index in [9.17, 15) is 14.7 Å². The van der Waals surface area contributed by atoms with E-state index in [0.717, 1.165) is 52.3 Å². The number of hydrogen-bond donors (Lipinski definition) is 3. The third-order valence-electron chi connectivity index (χ3n) is 8.43. The first kappa shape index (κ1) is 30.0. The number of oxazole rings is 1. The van der Waals surface area contributed by atoms with Crippen molar-refractivity contribution < 1.29 is 19.1 Å². The molecule has 12 heteroatoms. The number of aliphatic hydroxyl groups is 1. The zero-order valence-electron chi connectivity index (χ0n) is 25.3. The van der Waals surface area contributed by atoms with Crippen molar-refractivity contribution in [2.24, 2.45) is 7.05 Å². The number of amides is 2. The second-order valence-electron chi connectivity index (χ2n) is 11.6. The number of likely N-dealkylation sites (N-methyl/N-ethyl adjacent to an activating group) is 1. The van der Waals surface area contributed by atoms with Gasteiger partial charge in [0.1, 0.15) is 11.5 Å². The number of nitrogens with zero attached hydrogens (tertiary/aromatic N) is 5. The monoisotopic (exact) mass is 617 g/mol. The van der Waals surface area contributed by atoms with Gasteiger partial charge in [-0.15, -0.1) is 0 Å². The smallest absolute Gasteiger partial charge is 0.291 e. The average molecular weight is 618 g/mol. The van der Waals surface area contributed by atoms with E-state index >= 15 is 0 Å². The van der Waals surface area contributed by atoms with Gasteiger partial charge < -0.3 is 34.5 Å². The van der Waals surface area contributed by atoms with Crippen molar-refractivity contribution >= 4 is 29.1 Å². The molecule has 1 atom stereocenters. The lowest BCUT2D eigenvalue weighted by atomic mass is 9.96. The Kier molecular flexibility index (Phi) is 8.30. The van der Waals surface area contributed by atoms with E-state index in [1.807, 2.05) is 62.8 Å². The predicted molar refractivity (Wildman–Crippen MR) is 167 cm³/mol. The molecule has 0 radical (unpaired) electrons. The first-order valence-corrected chi connectivity index (χ1v) is 15.1. The average Bonchev–Trinajstić information content (AvgIpc) is 3.69. The maximum Gasteiger partial charge on any atom is 0.291 e. The highest BCUT2D eigenvalue weighted by Gasteiger charge is 2.30. The highest BCUT2D eigenvalue weighted by molar-refractivity contribution is 6.36. The summed E-state index contributed by atoms with van der Waals surface area (Å²) >= 11 is 6.92. The van der Waals surface area contributed by atoms with Gasteiger partial charge in [0.15, 0.2) is 5.82 Å². The third kappa shape index (κ3) is 5.63. The number of rotatable bonds is 8. The number of benzene rings is 2. The van der Waals surface area contributed by atoms with E-state index in [-0.39, 0.29) is 31.0 Å². The lowest BCUT2D eigenvalue weighted by Gasteiger charge is -2.21. The zero-order chi connectivity index (χ0) is 31.1. The van der Waals surface area contributed by atoms with Gasteiger partial charge >= 0.3 is 0 Å². The molecule has 0 unspecified atom stereocenters. The van der Waals surface area contributed by atoms with E-state index in [0.29, 0.717) is 47.8 Å². The summed E-state index contributed by atoms with van der Waals surface area (Å²) in [7, 11) is 3.93. The number of aromatic nitrogens is 3. The summed E-state index contributed by atoms with van der Waals surface area (Å²) in [6.07, 6.45) is 0.848. The van der Waals surface area contributed by atoms with Crippen LogP contribution in [0.25, 0.3) is 22.6 Å². The first-order valence-electron chi connectivity index (χ1n) is 14.7. The van der Waals surface area contributed by atoms with Crippen molar-refractivity contribution in [3.05, 3.63) is 75.7 Å². The molecule has 0 saturated carbocycles. The summed E-state index contributed by atoms with van der Waals surface area (Å²) in [6, 6.07) is 11.3. The number of imidazole rings is 1. The number of aliphatic hydroxyl groups excluding tert-OH is 1. The Balaban J connectivity index is 1.21. The molecule has 6 rings (SSSR count). The van der Waals surface area contributed by atoms with Crippen molar-refractivity contribution in [2.75, 3.05) is 32.1 Å². The van der Waals surface area contributed by atoms with E-state index < -0.39 is 0 Å². The second-order valence-corrected chi connectivity index (χ2v) is 12.0. The summed E-state index contributed by atoms with van der Waals surface area (Å²) in [5.74, 6) is 1.12. The lowest BCUT2D eigenvalue weighted by molar-refractivity contribution is -0.131. The van der Waals surface area contributed by atoms with Crippen LogP contribution in [-0.4, -0.2) is 74.0 Å². The topological polar surface area (TPSA) is 129 Å². The van der Waals surface area contributed by atoms with Crippen LogP contribution in [0.2, 0.25) is 5.02 Å². The van der Waals surface area contributed by atoms with Crippen molar-refractivity contribution in [1.82, 2.24) is 29.7 Å². The fourth-order valence-electron chi connectivity index (χ4n) is 5.81. The molecule has 4 heterocycles. The van der Waals surface area contributed by atoms with Crippen LogP contribution in [0.1, 0.15) is 45.9 Å². The fraction of sp³-hybridized carbons (Fsp3) is 0.375. The lowest BCUT2D eigenvalue weighted by Crippen LogP contribution is -2.39. The van der Waals surface area contributed by atoms with Gasteiger partial charge in [0.25, 0.3) is 5.91 Å². The molecular weight excluding hydrogens is 582 g/mol. The number of hydrogen-bond acceptors (Lipinski definition) is 8. The number of fused-ring (bicyclic) bond motifs is 2. The molecule has 0 saturated heterocycles. The summed E-state index contributed by atoms with van der Waals surface area (Å²) in [5, 5.41) is 15.6. The van der Waals surface area contributed by atoms with Crippen molar-refractivity contribution in [2.45, 2.75) is 45.9 Å². The molecule has 4 aromatic rings. The van der Waals surface area contributed by atoms with Gasteiger partial charge in [-0.1, -0.05) is 35.9 Å². The Morgan fingerprint density at radius 2 is 1.80 bits per heavy atom. The SMILES string of the molecule is Cc1c(-c2nc3c(o2)CN(C(=O)CN[C@@H](C)CO)C3)cccc1-c1cccc(NC(=O)c2nc3c(n2C)CCN(C)C3)c1Cl. The minimum absolute atomic E-state index is 0.0356. The molecule has 2 amide bonds. The van der Waals surface area contributed by atoms with E-state index in [2.05, 4.69) is 20.5 Å². The number of anilines is 1. The minimum atomic E-state index is -0.311. The van der Waals surface area contributed by atoms with Crippen LogP contribution in [0.5, 0.6) is 0 Å². The Morgan fingerprint density at radius 3 is 2.57 bits per heavy atom. The number of carbonyl (C=O) groups is 2. The van der Waals surface area contributed by atoms with Crippen LogP contribution < -0.4 is 10.6 Å². The number of carbonyl (C=O) groups excluding carboxylic acids is 2. The van der Waals surface area contributed by atoms with Crippen LogP contribution >= 0.6 is 11.6 Å². The molecule has 0 fully saturated rings. The molecule has 2 aromatic carbocycles. The van der Waals surface area contributed by atoms with Crippen LogP contribution in [0, 0.1) is 6.92 Å². The summed E-state index contributed by atoms with van der Waals surface area (Å²) < 4.78 is 8.03. The van der Waals surface area contributed by atoms with Crippen LogP contribution in [0.3, 0.4) is 0 Å². The quantitative estimate of drug-likeness (QED) is 0.273. The fourth-order valence-corrected chi connectivity index (χ4v) is 6.08. The Bertz CT molecular complexity index is 1720. The van der Waals surface area contributed by atoms with E-state index in [1.165, 1.54) is 0 Å². The van der Waals surface area contributed by atoms with Crippen LogP contribution in [0.4, 0.5) is 5.69 Å². The van der Waals surface area contributed by atoms with Crippen LogP contribution in [-0.2, 0) is 37.9 Å². The van der Waals surface area contributed by atoms with Gasteiger partial charge in [-0.3, -0.25) is 9.59 Å². The molecule has 230 valence electrons. The zero-order valence-corrected chi connectivity index (χ0v) is 26.0. The molecule has 11 nitrogen and oxygen atoms in total. The largest absolute Gasteiger partial charge is 0.439 e. The Labute approximate surface area is 260 Å². The number of halogens is 1. The van der Waals surface area contributed by atoms with Crippen LogP contribution in [0.15, 0.2) is 40.8 Å². The summed E-state index contributed by atoms with van der Waals surface area (Å²) in [5.41, 5.74) is 6.65. The van der Waals surface area contributed by atoms with Gasteiger partial charge in [-0.2, -0.15) is 0 Å². The van der Waals surface area contributed by atoms with Crippen molar-refractivity contribution in [3.63, 3.8) is 0 Å². The normalized spacial score (nSPS) is 15.3. The Hall–Kier alpha value is -4.03. The number of nitrogens with one attached hydrogen (secondary N) is 2. The molecule has 2 aromatic heterocycles. The minimum Gasteiger partial charge on any atom is -0.439 e.